The van der Waals surface area contributed by atoms with Crippen molar-refractivity contribution in [1.82, 2.24) is 9.29 Å². The summed E-state index contributed by atoms with van der Waals surface area (Å²) in [6.45, 7) is 0.110. The van der Waals surface area contributed by atoms with Crippen LogP contribution in [-0.4, -0.2) is 24.8 Å². The van der Waals surface area contributed by atoms with E-state index in [0.717, 1.165) is 4.31 Å². The summed E-state index contributed by atoms with van der Waals surface area (Å²) < 4.78 is 38.6. The average molecular weight is 295 g/mol. The van der Waals surface area contributed by atoms with E-state index in [1.165, 1.54) is 43.6 Å². The monoisotopic (exact) mass is 295 g/mol. The van der Waals surface area contributed by atoms with E-state index < -0.39 is 10.0 Å². The molecule has 1 aromatic heterocycles. The minimum atomic E-state index is -3.77. The number of halogens is 1. The smallest absolute Gasteiger partial charge is 0.262 e. The molecule has 0 fully saturated rings. The van der Waals surface area contributed by atoms with E-state index in [-0.39, 0.29) is 23.1 Å². The van der Waals surface area contributed by atoms with Gasteiger partial charge in [-0.3, -0.25) is 0 Å². The number of hydrogen-bond donors (Lipinski definition) is 1. The van der Waals surface area contributed by atoms with Gasteiger partial charge in [0.2, 0.25) is 0 Å². The Kier molecular flexibility index (Phi) is 4.01. The molecule has 7 heteroatoms. The van der Waals surface area contributed by atoms with Crippen LogP contribution >= 0.6 is 0 Å². The van der Waals surface area contributed by atoms with E-state index in [4.69, 9.17) is 5.73 Å². The number of hydrogen-bond acceptors (Lipinski definition) is 4. The van der Waals surface area contributed by atoms with Gasteiger partial charge in [0.15, 0.2) is 5.03 Å². The summed E-state index contributed by atoms with van der Waals surface area (Å²) in [5.74, 6) is -0.367. The first-order chi connectivity index (χ1) is 9.41. The molecule has 20 heavy (non-hydrogen) atoms. The van der Waals surface area contributed by atoms with Crippen LogP contribution in [0, 0.1) is 5.82 Å². The molecule has 0 amide bonds. The molecule has 0 atom stereocenters. The van der Waals surface area contributed by atoms with Gasteiger partial charge in [-0.05, 0) is 29.8 Å². The van der Waals surface area contributed by atoms with E-state index >= 15 is 0 Å². The molecular formula is C13H14FN3O2S. The molecule has 106 valence electrons. The summed E-state index contributed by atoms with van der Waals surface area (Å²) >= 11 is 0. The van der Waals surface area contributed by atoms with Crippen LogP contribution in [0.25, 0.3) is 0 Å². The molecule has 0 aliphatic heterocycles. The van der Waals surface area contributed by atoms with Gasteiger partial charge in [0.25, 0.3) is 10.0 Å². The zero-order valence-electron chi connectivity index (χ0n) is 10.8. The lowest BCUT2D eigenvalue weighted by atomic mass is 10.2. The van der Waals surface area contributed by atoms with Gasteiger partial charge in [-0.1, -0.05) is 12.1 Å². The maximum absolute atomic E-state index is 12.8. The molecule has 5 nitrogen and oxygen atoms in total. The fraction of sp³-hybridized carbons (Fsp3) is 0.154. The summed E-state index contributed by atoms with van der Waals surface area (Å²) in [5.41, 5.74) is 6.41. The summed E-state index contributed by atoms with van der Waals surface area (Å²) in [5, 5.41) is -0.176. The Bertz CT molecular complexity index is 702. The molecule has 0 radical (unpaired) electrons. The number of aromatic nitrogens is 1. The second-order valence-corrected chi connectivity index (χ2v) is 6.25. The summed E-state index contributed by atoms with van der Waals surface area (Å²) in [6.07, 6.45) is 1.37. The van der Waals surface area contributed by atoms with Crippen LogP contribution < -0.4 is 5.73 Å². The minimum Gasteiger partial charge on any atom is -0.396 e. The van der Waals surface area contributed by atoms with Crippen molar-refractivity contribution in [3.05, 3.63) is 54.0 Å². The van der Waals surface area contributed by atoms with E-state index in [9.17, 15) is 12.8 Å². The maximum atomic E-state index is 12.8. The van der Waals surface area contributed by atoms with E-state index in [2.05, 4.69) is 4.98 Å². The first kappa shape index (κ1) is 14.4. The van der Waals surface area contributed by atoms with Crippen LogP contribution in [0.3, 0.4) is 0 Å². The Balaban J connectivity index is 2.26. The van der Waals surface area contributed by atoms with Crippen LogP contribution in [0.1, 0.15) is 5.56 Å². The second-order valence-electron chi connectivity index (χ2n) is 4.29. The van der Waals surface area contributed by atoms with Gasteiger partial charge in [-0.25, -0.2) is 17.8 Å². The molecule has 0 saturated carbocycles. The third kappa shape index (κ3) is 2.94. The fourth-order valence-electron chi connectivity index (χ4n) is 1.70. The summed E-state index contributed by atoms with van der Waals surface area (Å²) in [4.78, 5) is 3.81. The van der Waals surface area contributed by atoms with Crippen molar-refractivity contribution >= 4 is 15.7 Å². The molecule has 0 aliphatic carbocycles. The van der Waals surface area contributed by atoms with Crippen molar-refractivity contribution in [3.63, 3.8) is 0 Å². The van der Waals surface area contributed by atoms with Crippen LogP contribution in [0.15, 0.2) is 47.6 Å². The fourth-order valence-corrected chi connectivity index (χ4v) is 2.87. The molecule has 0 spiro atoms. The standard InChI is InChI=1S/C13H14FN3O2S/c1-17(9-10-4-6-11(14)7-5-10)20(18,19)13-12(15)3-2-8-16-13/h2-8H,9,15H2,1H3. The lowest BCUT2D eigenvalue weighted by Crippen LogP contribution is -2.28. The maximum Gasteiger partial charge on any atom is 0.262 e. The Morgan fingerprint density at radius 1 is 1.25 bits per heavy atom. The minimum absolute atomic E-state index is 0.0958. The van der Waals surface area contributed by atoms with Crippen molar-refractivity contribution in [3.8, 4) is 0 Å². The van der Waals surface area contributed by atoms with Gasteiger partial charge in [-0.2, -0.15) is 4.31 Å². The zero-order valence-corrected chi connectivity index (χ0v) is 11.6. The number of nitrogen functional groups attached to an aromatic ring is 1. The van der Waals surface area contributed by atoms with Crippen molar-refractivity contribution in [2.45, 2.75) is 11.6 Å². The number of pyridine rings is 1. The molecule has 1 heterocycles. The van der Waals surface area contributed by atoms with Crippen LogP contribution in [0.5, 0.6) is 0 Å². The Morgan fingerprint density at radius 2 is 1.90 bits per heavy atom. The first-order valence-corrected chi connectivity index (χ1v) is 7.26. The van der Waals surface area contributed by atoms with Crippen LogP contribution in [-0.2, 0) is 16.6 Å². The average Bonchev–Trinajstić information content (AvgIpc) is 2.41. The molecule has 0 saturated heterocycles. The highest BCUT2D eigenvalue weighted by molar-refractivity contribution is 7.89. The van der Waals surface area contributed by atoms with E-state index in [1.54, 1.807) is 6.07 Å². The molecule has 1 aromatic carbocycles. The third-order valence-corrected chi connectivity index (χ3v) is 4.55. The third-order valence-electron chi connectivity index (χ3n) is 2.77. The molecule has 0 bridgehead atoms. The highest BCUT2D eigenvalue weighted by Crippen LogP contribution is 2.19. The van der Waals surface area contributed by atoms with Crippen molar-refractivity contribution in [2.24, 2.45) is 0 Å². The first-order valence-electron chi connectivity index (χ1n) is 5.82. The van der Waals surface area contributed by atoms with Gasteiger partial charge in [-0.15, -0.1) is 0 Å². The SMILES string of the molecule is CN(Cc1ccc(F)cc1)S(=O)(=O)c1ncccc1N. The van der Waals surface area contributed by atoms with E-state index in [0.29, 0.717) is 5.56 Å². The van der Waals surface area contributed by atoms with Gasteiger partial charge >= 0.3 is 0 Å². The Labute approximate surface area is 116 Å². The van der Waals surface area contributed by atoms with E-state index in [1.807, 2.05) is 0 Å². The molecule has 0 unspecified atom stereocenters. The number of sulfonamides is 1. The van der Waals surface area contributed by atoms with Crippen molar-refractivity contribution in [2.75, 3.05) is 12.8 Å². The Morgan fingerprint density at radius 3 is 2.50 bits per heavy atom. The molecule has 2 aromatic rings. The predicted molar refractivity (Wildman–Crippen MR) is 73.7 cm³/mol. The second kappa shape index (κ2) is 5.56. The highest BCUT2D eigenvalue weighted by Gasteiger charge is 2.24. The highest BCUT2D eigenvalue weighted by atomic mass is 32.2. The molecule has 0 aliphatic rings. The van der Waals surface area contributed by atoms with Gasteiger partial charge in [0, 0.05) is 19.8 Å². The predicted octanol–water partition coefficient (Wildman–Crippen LogP) is 1.62. The number of benzene rings is 1. The van der Waals surface area contributed by atoms with Gasteiger partial charge in [0.1, 0.15) is 5.82 Å². The topological polar surface area (TPSA) is 76.3 Å². The Hall–Kier alpha value is -1.99. The van der Waals surface area contributed by atoms with Gasteiger partial charge < -0.3 is 5.73 Å². The lowest BCUT2D eigenvalue weighted by Gasteiger charge is -2.17. The van der Waals surface area contributed by atoms with Crippen molar-refractivity contribution < 1.29 is 12.8 Å². The van der Waals surface area contributed by atoms with Crippen LogP contribution in [0.2, 0.25) is 0 Å². The van der Waals surface area contributed by atoms with Gasteiger partial charge in [0.05, 0.1) is 5.69 Å². The lowest BCUT2D eigenvalue weighted by molar-refractivity contribution is 0.464. The van der Waals surface area contributed by atoms with Crippen LogP contribution in [0.4, 0.5) is 10.1 Å². The number of anilines is 1. The molecular weight excluding hydrogens is 281 g/mol. The number of nitrogens with two attached hydrogens (primary N) is 1. The molecule has 2 N–H and O–H groups in total. The number of rotatable bonds is 4. The molecule has 2 rings (SSSR count). The summed E-state index contributed by atoms with van der Waals surface area (Å²) in [6, 6.07) is 8.67. The number of nitrogens with zero attached hydrogens (tertiary/aromatic N) is 2. The normalized spacial score (nSPS) is 11.8. The quantitative estimate of drug-likeness (QED) is 0.930. The van der Waals surface area contributed by atoms with Crippen molar-refractivity contribution in [1.29, 1.82) is 0 Å². The zero-order chi connectivity index (χ0) is 14.8. The largest absolute Gasteiger partial charge is 0.396 e. The summed E-state index contributed by atoms with van der Waals surface area (Å²) in [7, 11) is -2.35.